The molecule has 0 spiro atoms. The average Bonchev–Trinajstić information content (AvgIpc) is 0.960. The number of Topliss-reactive ketones (excluding diaryl/α,β-unsaturated/α-hetero) is 2. The number of amides is 4. The number of carbonyl (C=O) groups excluding carboxylic acids is 7. The second-order valence-corrected chi connectivity index (χ2v) is 38.1. The number of hydrogen-bond acceptors (Lipinski definition) is 26. The third-order valence-corrected chi connectivity index (χ3v) is 28.4. The number of hydrogen-bond donors (Lipinski definition) is 3. The van der Waals surface area contributed by atoms with E-state index in [1.54, 1.807) is 19.1 Å². The van der Waals surface area contributed by atoms with E-state index < -0.39 is 29.1 Å². The lowest BCUT2D eigenvalue weighted by atomic mass is 9.69. The molecule has 4 aliphatic rings. The number of ketones is 2. The summed E-state index contributed by atoms with van der Waals surface area (Å²) in [4.78, 5) is 95.5. The molecule has 4 aliphatic heterocycles. The number of likely N-dealkylation sites (tertiary alicyclic amines) is 1. The Balaban J connectivity index is 0.907. The van der Waals surface area contributed by atoms with Gasteiger partial charge in [-0.05, 0) is 114 Å². The van der Waals surface area contributed by atoms with E-state index in [0.29, 0.717) is 134 Å². The van der Waals surface area contributed by atoms with E-state index >= 15 is 0 Å². The Hall–Kier alpha value is -6.69. The maximum Gasteiger partial charge on any atom is 0.306 e. The van der Waals surface area contributed by atoms with Crippen molar-refractivity contribution in [2.45, 2.75) is 255 Å². The first-order valence-corrected chi connectivity index (χ1v) is 49.8. The van der Waals surface area contributed by atoms with Gasteiger partial charge in [-0.2, -0.15) is 0 Å². The average molecular weight is 1890 g/mol. The summed E-state index contributed by atoms with van der Waals surface area (Å²) < 4.78 is 114. The van der Waals surface area contributed by atoms with Crippen molar-refractivity contribution in [3.05, 3.63) is 95.6 Å². The van der Waals surface area contributed by atoms with Crippen LogP contribution in [0.25, 0.3) is 0 Å². The lowest BCUT2D eigenvalue weighted by Gasteiger charge is -2.46. The normalized spacial score (nSPS) is 24.1. The van der Waals surface area contributed by atoms with Gasteiger partial charge in [0, 0.05) is 94.2 Å². The van der Waals surface area contributed by atoms with Gasteiger partial charge in [0.25, 0.3) is 0 Å². The molecule has 760 valence electrons. The van der Waals surface area contributed by atoms with Crippen LogP contribution in [0.1, 0.15) is 235 Å². The summed E-state index contributed by atoms with van der Waals surface area (Å²) >= 11 is 0. The van der Waals surface area contributed by atoms with E-state index in [2.05, 4.69) is 99.0 Å². The number of methoxy groups -OCH3 is 2. The predicted molar refractivity (Wildman–Crippen MR) is 509 cm³/mol. The number of rotatable bonds is 72. The number of ether oxygens (including phenoxy) is 19. The van der Waals surface area contributed by atoms with Gasteiger partial charge in [-0.15, -0.1) is 0 Å². The quantitative estimate of drug-likeness (QED) is 0.0204. The van der Waals surface area contributed by atoms with Gasteiger partial charge in [0.15, 0.2) is 18.9 Å². The highest BCUT2D eigenvalue weighted by atomic mass is 16.8. The molecular weight excluding hydrogens is 1720 g/mol. The zero-order valence-electron chi connectivity index (χ0n) is 83.9. The molecule has 0 radical (unpaired) electrons. The number of esters is 1. The first-order valence-electron chi connectivity index (χ1n) is 49.8. The standard InChI is InChI=1S/C104H168N4O26/c1-16-100(11)70-129-97(78(5)81(100)8)127-64-62-121-58-56-118-53-47-105-92(111)44-50-123-73-103(75-125-52-46-94(113)107-49-55-120-60-61-126-76-132-99-80(7)83(10)102(13,18-3)72-131-99,74-124-51-45-93(112)106-48-54-119-57-59-122-63-65-128-98-79(6)82(9)101(12,17-2)71-130-98)67-88(110)32-28-23-21-19-20-22-24-29-33-95(114)108-68-91(134-96(115)43-34-77(4)109)66-87(108)69-133-104(84-30-26-25-27-31-84,85-35-39-89(116-14)40-36-85)86-37-41-90(117-15)42-38-86/h25-27,30-31,35-42,78-83,87,91,97-99H,16-24,28-29,32-34,43-76H2,1-15H3,(H,105,111)(H,106,112)(H,107,113)/t78?,79?,80?,81-,82-,83-,87+,91-,97+,98+,99-,100+,101+,102+,103?/m1/s1. The number of unbranched alkanes of at least 4 members (excludes halogenated alkanes) is 7. The molecule has 4 saturated heterocycles. The minimum atomic E-state index is -1.15. The van der Waals surface area contributed by atoms with Crippen LogP contribution in [0, 0.1) is 57.2 Å². The van der Waals surface area contributed by atoms with Crippen LogP contribution in [0.2, 0.25) is 0 Å². The highest BCUT2D eigenvalue weighted by molar-refractivity contribution is 5.81. The van der Waals surface area contributed by atoms with E-state index in [1.165, 1.54) is 6.92 Å². The van der Waals surface area contributed by atoms with Crippen molar-refractivity contribution in [3.8, 4) is 11.5 Å². The Bertz CT molecular complexity index is 3670. The van der Waals surface area contributed by atoms with Gasteiger partial charge in [0.05, 0.1) is 185 Å². The Morgan fingerprint density at radius 1 is 0.425 bits per heavy atom. The molecule has 30 heteroatoms. The van der Waals surface area contributed by atoms with Crippen molar-refractivity contribution in [1.29, 1.82) is 0 Å². The molecule has 0 saturated carbocycles. The molecule has 30 nitrogen and oxygen atoms in total. The van der Waals surface area contributed by atoms with E-state index in [1.807, 2.05) is 78.9 Å². The first kappa shape index (κ1) is 114. The van der Waals surface area contributed by atoms with Crippen molar-refractivity contribution >= 4 is 41.2 Å². The number of carbonyl (C=O) groups is 7. The molecule has 134 heavy (non-hydrogen) atoms. The van der Waals surface area contributed by atoms with Crippen molar-refractivity contribution in [2.24, 2.45) is 57.2 Å². The van der Waals surface area contributed by atoms with Gasteiger partial charge in [-0.3, -0.25) is 28.8 Å². The van der Waals surface area contributed by atoms with Crippen LogP contribution in [0.5, 0.6) is 11.5 Å². The zero-order chi connectivity index (χ0) is 97.0. The summed E-state index contributed by atoms with van der Waals surface area (Å²) in [5, 5.41) is 8.68. The second kappa shape index (κ2) is 62.4. The monoisotopic (exact) mass is 1890 g/mol. The number of nitrogens with zero attached hydrogens (tertiary/aromatic N) is 1. The maximum absolute atomic E-state index is 14.5. The molecule has 0 aliphatic carbocycles. The highest BCUT2D eigenvalue weighted by Crippen LogP contribution is 2.47. The number of nitrogens with one attached hydrogen (secondary N) is 3. The fourth-order valence-electron chi connectivity index (χ4n) is 17.9. The molecule has 4 fully saturated rings. The van der Waals surface area contributed by atoms with Gasteiger partial charge in [-0.1, -0.05) is 176 Å². The molecule has 4 amide bonds. The minimum Gasteiger partial charge on any atom is -0.497 e. The Morgan fingerprint density at radius 3 is 1.22 bits per heavy atom. The number of benzene rings is 3. The summed E-state index contributed by atoms with van der Waals surface area (Å²) in [6.07, 6.45) is 9.15. The van der Waals surface area contributed by atoms with Crippen LogP contribution in [-0.2, 0) is 120 Å². The second-order valence-electron chi connectivity index (χ2n) is 38.1. The molecule has 4 heterocycles. The van der Waals surface area contributed by atoms with Crippen molar-refractivity contribution in [3.63, 3.8) is 0 Å². The molecule has 3 aromatic carbocycles. The van der Waals surface area contributed by atoms with E-state index in [-0.39, 0.29) is 238 Å². The van der Waals surface area contributed by atoms with Crippen LogP contribution in [0.3, 0.4) is 0 Å². The Kier molecular flexibility index (Phi) is 53.2. The molecule has 0 bridgehead atoms. The molecule has 14 atom stereocenters. The smallest absolute Gasteiger partial charge is 0.306 e. The van der Waals surface area contributed by atoms with Gasteiger partial charge in [-0.25, -0.2) is 0 Å². The van der Waals surface area contributed by atoms with Crippen LogP contribution in [0.4, 0.5) is 0 Å². The Morgan fingerprint density at radius 2 is 0.806 bits per heavy atom. The van der Waals surface area contributed by atoms with Crippen LogP contribution in [0.15, 0.2) is 78.9 Å². The van der Waals surface area contributed by atoms with E-state index in [0.717, 1.165) is 74.5 Å². The summed E-state index contributed by atoms with van der Waals surface area (Å²) in [6.45, 7) is 35.6. The molecule has 0 aromatic heterocycles. The van der Waals surface area contributed by atoms with Crippen LogP contribution in [-0.4, -0.2) is 276 Å². The lowest BCUT2D eigenvalue weighted by Crippen LogP contribution is -2.47. The van der Waals surface area contributed by atoms with E-state index in [9.17, 15) is 33.6 Å². The van der Waals surface area contributed by atoms with Crippen molar-refractivity contribution < 1.29 is 124 Å². The SMILES string of the molecule is CC[C@@]1(C)CO[C@H](OCCOCCOCCNC(=O)CCOCC(COCCC(=O)NCCOCCOCCO[C@H]2OC[C@](C)(CC)[C@H](C)C2C)(COCCC(=O)NCCOCCOCO[C@H]2OC[C@](C)(CC)[C@H](C)C2C)CC(=O)CCCCCCCCCCC(=O)N2C[C@H](OC(=O)CCC(C)=O)C[C@H]2COC(c2ccccc2)(c2ccc(OC)cc2)c2ccc(OC)cc2)C(C)[C@H]1C. The van der Waals surface area contributed by atoms with Gasteiger partial charge in [0.1, 0.15) is 41.6 Å². The van der Waals surface area contributed by atoms with Crippen molar-refractivity contribution in [2.75, 3.05) is 199 Å². The molecule has 7 rings (SSSR count). The van der Waals surface area contributed by atoms with Gasteiger partial charge in [0.2, 0.25) is 23.6 Å². The highest BCUT2D eigenvalue weighted by Gasteiger charge is 2.47. The van der Waals surface area contributed by atoms with Crippen LogP contribution >= 0.6 is 0 Å². The van der Waals surface area contributed by atoms with E-state index in [4.69, 9.17) is 90.0 Å². The summed E-state index contributed by atoms with van der Waals surface area (Å²) in [6, 6.07) is 25.0. The summed E-state index contributed by atoms with van der Waals surface area (Å²) in [5.74, 6) is 1.97. The molecular formula is C104H168N4O26. The van der Waals surface area contributed by atoms with Crippen LogP contribution < -0.4 is 25.4 Å². The third kappa shape index (κ3) is 38.8. The third-order valence-electron chi connectivity index (χ3n) is 28.4. The lowest BCUT2D eigenvalue weighted by molar-refractivity contribution is -0.266. The first-order chi connectivity index (χ1) is 64.6. The Labute approximate surface area is 800 Å². The van der Waals surface area contributed by atoms with Gasteiger partial charge >= 0.3 is 5.97 Å². The summed E-state index contributed by atoms with van der Waals surface area (Å²) in [7, 11) is 3.24. The molecule has 3 N–H and O–H groups in total. The fraction of sp³-hybridized carbons (Fsp3) is 0.760. The zero-order valence-corrected chi connectivity index (χ0v) is 83.9. The topological polar surface area (TPSA) is 334 Å². The molecule has 3 unspecified atom stereocenters. The fourth-order valence-corrected chi connectivity index (χ4v) is 17.9. The predicted octanol–water partition coefficient (Wildman–Crippen LogP) is 14.6. The summed E-state index contributed by atoms with van der Waals surface area (Å²) in [5.41, 5.74) is 0.664. The minimum absolute atomic E-state index is 0.00521. The van der Waals surface area contributed by atoms with Gasteiger partial charge < -0.3 is 116 Å². The van der Waals surface area contributed by atoms with Crippen molar-refractivity contribution in [1.82, 2.24) is 20.9 Å². The largest absolute Gasteiger partial charge is 0.497 e. The maximum atomic E-state index is 14.5. The molecule has 3 aromatic rings.